The number of anilines is 2. The number of carbonyl (C=O) groups excluding carboxylic acids is 2. The lowest BCUT2D eigenvalue weighted by Gasteiger charge is -2.22. The Morgan fingerprint density at radius 1 is 0.806 bits per heavy atom. The van der Waals surface area contributed by atoms with Gasteiger partial charge in [-0.1, -0.05) is 48.5 Å². The van der Waals surface area contributed by atoms with Gasteiger partial charge in [0, 0.05) is 36.1 Å². The maximum Gasteiger partial charge on any atom is 0.319 e. The molecule has 0 spiro atoms. The fourth-order valence-corrected chi connectivity index (χ4v) is 3.29. The lowest BCUT2D eigenvalue weighted by atomic mass is 10.2. The van der Waals surface area contributed by atoms with E-state index in [4.69, 9.17) is 0 Å². The average molecular weight is 417 g/mol. The molecule has 0 bridgehead atoms. The van der Waals surface area contributed by atoms with Gasteiger partial charge in [-0.2, -0.15) is 0 Å². The van der Waals surface area contributed by atoms with Gasteiger partial charge in [0.1, 0.15) is 0 Å². The molecule has 0 fully saturated rings. The van der Waals surface area contributed by atoms with Crippen molar-refractivity contribution in [1.82, 2.24) is 10.2 Å². The molecule has 3 amide bonds. The number of nitrogens with zero attached hydrogens (tertiary/aromatic N) is 1. The molecule has 6 nitrogen and oxygen atoms in total. The van der Waals surface area contributed by atoms with E-state index in [9.17, 15) is 9.59 Å². The highest BCUT2D eigenvalue weighted by Crippen LogP contribution is 2.12. The van der Waals surface area contributed by atoms with Crippen LogP contribution >= 0.6 is 0 Å². The van der Waals surface area contributed by atoms with E-state index in [-0.39, 0.29) is 18.0 Å². The third-order valence-corrected chi connectivity index (χ3v) is 4.69. The van der Waals surface area contributed by atoms with E-state index >= 15 is 0 Å². The molecule has 0 heterocycles. The molecule has 31 heavy (non-hydrogen) atoms. The van der Waals surface area contributed by atoms with Crippen molar-refractivity contribution >= 4 is 23.3 Å². The van der Waals surface area contributed by atoms with Crippen LogP contribution in [0.3, 0.4) is 0 Å². The molecule has 0 unspecified atom stereocenters. The Bertz CT molecular complexity index is 975. The van der Waals surface area contributed by atoms with E-state index in [1.807, 2.05) is 62.5 Å². The van der Waals surface area contributed by atoms with Crippen LogP contribution in [0.2, 0.25) is 0 Å². The van der Waals surface area contributed by atoms with Crippen molar-refractivity contribution in [2.45, 2.75) is 19.5 Å². The number of hydrogen-bond donors (Lipinski definition) is 3. The molecular formula is C25H28N4O2. The Morgan fingerprint density at radius 3 is 2.03 bits per heavy atom. The quantitative estimate of drug-likeness (QED) is 0.503. The van der Waals surface area contributed by atoms with Crippen LogP contribution in [0.15, 0.2) is 84.9 Å². The van der Waals surface area contributed by atoms with E-state index in [0.717, 1.165) is 18.8 Å². The van der Waals surface area contributed by atoms with Gasteiger partial charge < -0.3 is 20.9 Å². The number of benzene rings is 3. The Labute approximate surface area is 183 Å². The second kappa shape index (κ2) is 10.9. The number of carbonyl (C=O) groups is 2. The smallest absolute Gasteiger partial charge is 0.319 e. The Morgan fingerprint density at radius 2 is 1.39 bits per heavy atom. The predicted molar refractivity (Wildman–Crippen MR) is 125 cm³/mol. The third-order valence-electron chi connectivity index (χ3n) is 4.69. The van der Waals surface area contributed by atoms with E-state index in [1.54, 1.807) is 24.3 Å². The maximum absolute atomic E-state index is 12.3. The molecule has 0 radical (unpaired) electrons. The molecule has 3 rings (SSSR count). The van der Waals surface area contributed by atoms with E-state index < -0.39 is 0 Å². The van der Waals surface area contributed by atoms with E-state index in [1.165, 1.54) is 5.56 Å². The first-order valence-corrected chi connectivity index (χ1v) is 10.3. The summed E-state index contributed by atoms with van der Waals surface area (Å²) in [6, 6.07) is 26.0. The van der Waals surface area contributed by atoms with Gasteiger partial charge in [-0.05, 0) is 55.9 Å². The number of urea groups is 1. The number of hydrogen-bond acceptors (Lipinski definition) is 3. The molecule has 3 N–H and O–H groups in total. The monoisotopic (exact) mass is 416 g/mol. The van der Waals surface area contributed by atoms with Gasteiger partial charge >= 0.3 is 6.03 Å². The number of amides is 3. The first-order chi connectivity index (χ1) is 15.0. The summed E-state index contributed by atoms with van der Waals surface area (Å²) in [5.41, 5.74) is 3.11. The van der Waals surface area contributed by atoms with E-state index in [0.29, 0.717) is 11.3 Å². The average Bonchev–Trinajstić information content (AvgIpc) is 2.75. The SMILES string of the molecule is C[C@H](CN(C)Cc1ccccc1)NC(=O)Nc1ccc(C(=O)Nc2ccccc2)cc1. The maximum atomic E-state index is 12.3. The number of likely N-dealkylation sites (N-methyl/N-ethyl adjacent to an activating group) is 1. The normalized spacial score (nSPS) is 11.6. The minimum Gasteiger partial charge on any atom is -0.334 e. The number of rotatable bonds is 8. The van der Waals surface area contributed by atoms with Gasteiger partial charge in [-0.15, -0.1) is 0 Å². The van der Waals surface area contributed by atoms with Crippen molar-refractivity contribution in [1.29, 1.82) is 0 Å². The van der Waals surface area contributed by atoms with Gasteiger partial charge in [0.25, 0.3) is 5.91 Å². The van der Waals surface area contributed by atoms with Crippen molar-refractivity contribution in [3.63, 3.8) is 0 Å². The van der Waals surface area contributed by atoms with Crippen molar-refractivity contribution in [2.24, 2.45) is 0 Å². The summed E-state index contributed by atoms with van der Waals surface area (Å²) < 4.78 is 0. The molecule has 3 aromatic carbocycles. The summed E-state index contributed by atoms with van der Waals surface area (Å²) in [5, 5.41) is 8.59. The number of para-hydroxylation sites is 1. The molecule has 160 valence electrons. The van der Waals surface area contributed by atoms with Crippen LogP contribution < -0.4 is 16.0 Å². The topological polar surface area (TPSA) is 73.5 Å². The molecule has 0 saturated heterocycles. The summed E-state index contributed by atoms with van der Waals surface area (Å²) >= 11 is 0. The van der Waals surface area contributed by atoms with Crippen LogP contribution in [0.4, 0.5) is 16.2 Å². The van der Waals surface area contributed by atoms with Crippen LogP contribution in [0.25, 0.3) is 0 Å². The molecular weight excluding hydrogens is 388 g/mol. The van der Waals surface area contributed by atoms with Crippen LogP contribution in [0, 0.1) is 0 Å². The lowest BCUT2D eigenvalue weighted by Crippen LogP contribution is -2.42. The molecule has 0 aliphatic heterocycles. The first kappa shape index (κ1) is 22.1. The Balaban J connectivity index is 1.45. The zero-order valence-corrected chi connectivity index (χ0v) is 17.8. The fourth-order valence-electron chi connectivity index (χ4n) is 3.29. The molecule has 0 saturated carbocycles. The highest BCUT2D eigenvalue weighted by Gasteiger charge is 2.11. The Hall–Kier alpha value is -3.64. The lowest BCUT2D eigenvalue weighted by molar-refractivity contribution is 0.102. The second-order valence-electron chi connectivity index (χ2n) is 7.58. The van der Waals surface area contributed by atoms with Gasteiger partial charge in [-0.3, -0.25) is 4.79 Å². The van der Waals surface area contributed by atoms with Crippen LogP contribution in [0.5, 0.6) is 0 Å². The van der Waals surface area contributed by atoms with Crippen molar-refractivity contribution in [2.75, 3.05) is 24.2 Å². The van der Waals surface area contributed by atoms with Gasteiger partial charge in [0.15, 0.2) is 0 Å². The second-order valence-corrected chi connectivity index (χ2v) is 7.58. The van der Waals surface area contributed by atoms with Gasteiger partial charge in [0.2, 0.25) is 0 Å². The van der Waals surface area contributed by atoms with Crippen LogP contribution in [-0.4, -0.2) is 36.5 Å². The molecule has 0 aliphatic rings. The van der Waals surface area contributed by atoms with Crippen molar-refractivity contribution in [3.8, 4) is 0 Å². The largest absolute Gasteiger partial charge is 0.334 e. The minimum absolute atomic E-state index is 0.0235. The summed E-state index contributed by atoms with van der Waals surface area (Å²) in [6.07, 6.45) is 0. The van der Waals surface area contributed by atoms with Crippen LogP contribution in [0.1, 0.15) is 22.8 Å². The molecule has 0 aliphatic carbocycles. The van der Waals surface area contributed by atoms with E-state index in [2.05, 4.69) is 33.0 Å². The minimum atomic E-state index is -0.276. The standard InChI is InChI=1S/C25H28N4O2/c1-19(17-29(2)18-20-9-5-3-6-10-20)26-25(31)28-23-15-13-21(14-16-23)24(30)27-22-11-7-4-8-12-22/h3-16,19H,17-18H2,1-2H3,(H,27,30)(H2,26,28,31)/t19-/m1/s1. The zero-order chi connectivity index (χ0) is 22.1. The third kappa shape index (κ3) is 7.28. The summed E-state index contributed by atoms with van der Waals surface area (Å²) in [5.74, 6) is -0.197. The predicted octanol–water partition coefficient (Wildman–Crippen LogP) is 4.58. The van der Waals surface area contributed by atoms with Gasteiger partial charge in [0.05, 0.1) is 0 Å². The summed E-state index contributed by atoms with van der Waals surface area (Å²) in [6.45, 7) is 3.51. The highest BCUT2D eigenvalue weighted by molar-refractivity contribution is 6.04. The molecule has 0 aromatic heterocycles. The summed E-state index contributed by atoms with van der Waals surface area (Å²) in [4.78, 5) is 26.8. The summed E-state index contributed by atoms with van der Waals surface area (Å²) in [7, 11) is 2.03. The molecule has 6 heteroatoms. The first-order valence-electron chi connectivity index (χ1n) is 10.3. The Kier molecular flexibility index (Phi) is 7.79. The van der Waals surface area contributed by atoms with Crippen LogP contribution in [-0.2, 0) is 6.54 Å². The van der Waals surface area contributed by atoms with Crippen molar-refractivity contribution < 1.29 is 9.59 Å². The van der Waals surface area contributed by atoms with Crippen molar-refractivity contribution in [3.05, 3.63) is 96.1 Å². The van der Waals surface area contributed by atoms with Gasteiger partial charge in [-0.25, -0.2) is 4.79 Å². The molecule has 1 atom stereocenters. The number of nitrogens with one attached hydrogen (secondary N) is 3. The highest BCUT2D eigenvalue weighted by atomic mass is 16.2. The molecule has 3 aromatic rings. The zero-order valence-electron chi connectivity index (χ0n) is 17.8. The fraction of sp³-hybridized carbons (Fsp3) is 0.200.